The van der Waals surface area contributed by atoms with Crippen LogP contribution in [0.3, 0.4) is 0 Å². The molecule has 3 atom stereocenters. The molecule has 0 heterocycles. The van der Waals surface area contributed by atoms with Crippen LogP contribution in [-0.2, 0) is 37.5 Å². The first-order chi connectivity index (χ1) is 26.1. The Morgan fingerprint density at radius 2 is 0.944 bits per heavy atom. The summed E-state index contributed by atoms with van der Waals surface area (Å²) in [5.41, 5.74) is 5.32. The number of esters is 2. The van der Waals surface area contributed by atoms with Crippen molar-refractivity contribution in [3.63, 3.8) is 0 Å². The molecule has 0 rings (SSSR count). The van der Waals surface area contributed by atoms with E-state index in [1.807, 2.05) is 0 Å². The fourth-order valence-electron chi connectivity index (χ4n) is 6.05. The Balaban J connectivity index is 4.26. The van der Waals surface area contributed by atoms with Crippen LogP contribution < -0.4 is 5.73 Å². The Kier molecular flexibility index (Phi) is 36.9. The summed E-state index contributed by atoms with van der Waals surface area (Å²) in [4.78, 5) is 45.8. The first-order valence-corrected chi connectivity index (χ1v) is 23.2. The number of nitrogens with two attached hydrogens (primary N) is 1. The highest BCUT2D eigenvalue weighted by molar-refractivity contribution is 7.47. The second kappa shape index (κ2) is 38.1. The van der Waals surface area contributed by atoms with Crippen molar-refractivity contribution < 1.29 is 47.5 Å². The number of carboxylic acid groups (broad SMARTS) is 1. The SMILES string of the molecule is CCCC/C=C\CCCCCCCC(=O)OC(COC(=O)CCCCCCCCCCCCCCCCCCCCC)COP(=O)(O)OCC(N)C(=O)O. The number of phosphoric ester groups is 1. The van der Waals surface area contributed by atoms with Crippen LogP contribution in [0.25, 0.3) is 0 Å². The van der Waals surface area contributed by atoms with Gasteiger partial charge in [0.2, 0.25) is 0 Å². The molecule has 0 bridgehead atoms. The fraction of sp³-hybridized carbons (Fsp3) is 0.881. The smallest absolute Gasteiger partial charge is 0.472 e. The zero-order chi connectivity index (χ0) is 40.0. The van der Waals surface area contributed by atoms with E-state index in [0.717, 1.165) is 57.8 Å². The van der Waals surface area contributed by atoms with Crippen molar-refractivity contribution in [3.8, 4) is 0 Å². The number of carbonyl (C=O) groups excluding carboxylic acids is 2. The van der Waals surface area contributed by atoms with Crippen molar-refractivity contribution in [3.05, 3.63) is 12.2 Å². The maximum atomic E-state index is 12.6. The minimum absolute atomic E-state index is 0.154. The molecule has 318 valence electrons. The molecule has 0 amide bonds. The van der Waals surface area contributed by atoms with E-state index in [0.29, 0.717) is 12.8 Å². The molecule has 0 aromatic carbocycles. The lowest BCUT2D eigenvalue weighted by atomic mass is 10.0. The summed E-state index contributed by atoms with van der Waals surface area (Å²) in [6.45, 7) is 2.77. The molecule has 0 radical (unpaired) electrons. The van der Waals surface area contributed by atoms with Crippen LogP contribution >= 0.6 is 7.82 Å². The molecule has 4 N–H and O–H groups in total. The maximum Gasteiger partial charge on any atom is 0.472 e. The largest absolute Gasteiger partial charge is 0.480 e. The van der Waals surface area contributed by atoms with Gasteiger partial charge in [-0.1, -0.05) is 174 Å². The summed E-state index contributed by atoms with van der Waals surface area (Å²) in [7, 11) is -4.71. The third-order valence-corrected chi connectivity index (χ3v) is 10.5. The average Bonchev–Trinajstić information content (AvgIpc) is 3.14. The fourth-order valence-corrected chi connectivity index (χ4v) is 6.82. The Morgan fingerprint density at radius 3 is 1.41 bits per heavy atom. The van der Waals surface area contributed by atoms with Gasteiger partial charge in [-0.25, -0.2) is 4.57 Å². The van der Waals surface area contributed by atoms with Crippen molar-refractivity contribution in [2.45, 2.75) is 219 Å². The number of unbranched alkanes of at least 4 members (excludes halogenated alkanes) is 25. The van der Waals surface area contributed by atoms with Gasteiger partial charge in [-0.15, -0.1) is 0 Å². The number of rotatable bonds is 41. The number of ether oxygens (including phenoxy) is 2. The molecule has 0 aliphatic heterocycles. The van der Waals surface area contributed by atoms with Crippen molar-refractivity contribution in [1.29, 1.82) is 0 Å². The number of carboxylic acids is 1. The first-order valence-electron chi connectivity index (χ1n) is 21.7. The topological polar surface area (TPSA) is 172 Å². The van der Waals surface area contributed by atoms with E-state index < -0.39 is 51.1 Å². The normalized spacial score (nSPS) is 13.9. The van der Waals surface area contributed by atoms with Crippen LogP contribution in [0.4, 0.5) is 0 Å². The molecular weight excluding hydrogens is 709 g/mol. The maximum absolute atomic E-state index is 12.6. The summed E-state index contributed by atoms with van der Waals surface area (Å²) in [5, 5.41) is 8.87. The number of allylic oxidation sites excluding steroid dienone is 2. The summed E-state index contributed by atoms with van der Waals surface area (Å²) in [6, 6.07) is -1.52. The van der Waals surface area contributed by atoms with Gasteiger partial charge in [0.1, 0.15) is 12.6 Å². The van der Waals surface area contributed by atoms with E-state index in [9.17, 15) is 23.8 Å². The van der Waals surface area contributed by atoms with Gasteiger partial charge < -0.3 is 25.2 Å². The molecule has 0 aliphatic rings. The lowest BCUT2D eigenvalue weighted by molar-refractivity contribution is -0.161. The molecule has 54 heavy (non-hydrogen) atoms. The average molecular weight is 790 g/mol. The van der Waals surface area contributed by atoms with E-state index in [1.165, 1.54) is 109 Å². The Bertz CT molecular complexity index is 979. The Hall–Kier alpha value is -1.78. The predicted molar refractivity (Wildman–Crippen MR) is 217 cm³/mol. The Morgan fingerprint density at radius 1 is 0.556 bits per heavy atom. The van der Waals surface area contributed by atoms with Gasteiger partial charge in [-0.05, 0) is 32.1 Å². The van der Waals surface area contributed by atoms with Crippen molar-refractivity contribution >= 4 is 25.7 Å². The highest BCUT2D eigenvalue weighted by atomic mass is 31.2. The number of carbonyl (C=O) groups is 3. The van der Waals surface area contributed by atoms with Crippen molar-refractivity contribution in [2.24, 2.45) is 5.73 Å². The molecule has 0 fully saturated rings. The Labute approximate surface area is 328 Å². The number of hydrogen-bond acceptors (Lipinski definition) is 9. The van der Waals surface area contributed by atoms with E-state index >= 15 is 0 Å². The molecule has 0 aromatic heterocycles. The third-order valence-electron chi connectivity index (χ3n) is 9.51. The van der Waals surface area contributed by atoms with Gasteiger partial charge in [0.05, 0.1) is 13.2 Å². The van der Waals surface area contributed by atoms with E-state index in [2.05, 4.69) is 30.5 Å². The molecule has 12 heteroatoms. The van der Waals surface area contributed by atoms with E-state index in [-0.39, 0.29) is 19.4 Å². The van der Waals surface area contributed by atoms with Gasteiger partial charge >= 0.3 is 25.7 Å². The van der Waals surface area contributed by atoms with Crippen molar-refractivity contribution in [1.82, 2.24) is 0 Å². The van der Waals surface area contributed by atoms with Gasteiger partial charge in [-0.2, -0.15) is 0 Å². The number of aliphatic carboxylic acids is 1. The summed E-state index contributed by atoms with van der Waals surface area (Å²) >= 11 is 0. The van der Waals surface area contributed by atoms with Crippen LogP contribution in [0.15, 0.2) is 12.2 Å². The highest BCUT2D eigenvalue weighted by Crippen LogP contribution is 2.43. The standard InChI is InChI=1S/C42H80NO10P/c1-3-5-7-9-11-13-15-16-17-18-19-20-21-22-24-25-27-29-31-33-40(44)50-35-38(36-51-54(48,49)52-37-39(43)42(46)47)53-41(45)34-32-30-28-26-23-14-12-10-8-6-4-2/h10,12,38-39H,3-9,11,13-37,43H2,1-2H3,(H,46,47)(H,48,49)/b12-10-. The highest BCUT2D eigenvalue weighted by Gasteiger charge is 2.28. The molecular formula is C42H80NO10P. The third kappa shape index (κ3) is 37.2. The summed E-state index contributed by atoms with van der Waals surface area (Å²) in [5.74, 6) is -2.38. The molecule has 0 aliphatic carbocycles. The molecule has 0 aromatic rings. The van der Waals surface area contributed by atoms with Gasteiger partial charge in [-0.3, -0.25) is 23.4 Å². The minimum Gasteiger partial charge on any atom is -0.480 e. The summed E-state index contributed by atoms with van der Waals surface area (Å²) in [6.07, 6.45) is 37.1. The van der Waals surface area contributed by atoms with Gasteiger partial charge in [0, 0.05) is 12.8 Å². The monoisotopic (exact) mass is 790 g/mol. The zero-order valence-corrected chi connectivity index (χ0v) is 35.2. The number of phosphoric acid groups is 1. The molecule has 11 nitrogen and oxygen atoms in total. The van der Waals surface area contributed by atoms with Gasteiger partial charge in [0.15, 0.2) is 6.10 Å². The zero-order valence-electron chi connectivity index (χ0n) is 34.3. The lowest BCUT2D eigenvalue weighted by Gasteiger charge is -2.20. The molecule has 0 saturated carbocycles. The van der Waals surface area contributed by atoms with Crippen LogP contribution in [-0.4, -0.2) is 59.9 Å². The second-order valence-corrected chi connectivity index (χ2v) is 16.3. The lowest BCUT2D eigenvalue weighted by Crippen LogP contribution is -2.34. The second-order valence-electron chi connectivity index (χ2n) is 14.8. The minimum atomic E-state index is -4.71. The quantitative estimate of drug-likeness (QED) is 0.0233. The summed E-state index contributed by atoms with van der Waals surface area (Å²) < 4.78 is 32.6. The van der Waals surface area contributed by atoms with Crippen LogP contribution in [0.1, 0.15) is 206 Å². The molecule has 3 unspecified atom stereocenters. The van der Waals surface area contributed by atoms with E-state index in [4.69, 9.17) is 24.8 Å². The van der Waals surface area contributed by atoms with E-state index in [1.54, 1.807) is 0 Å². The van der Waals surface area contributed by atoms with Crippen LogP contribution in [0.2, 0.25) is 0 Å². The van der Waals surface area contributed by atoms with Gasteiger partial charge in [0.25, 0.3) is 0 Å². The van der Waals surface area contributed by atoms with Crippen LogP contribution in [0.5, 0.6) is 0 Å². The molecule has 0 spiro atoms. The predicted octanol–water partition coefficient (Wildman–Crippen LogP) is 11.3. The first kappa shape index (κ1) is 52.2. The molecule has 0 saturated heterocycles. The van der Waals surface area contributed by atoms with Crippen molar-refractivity contribution in [2.75, 3.05) is 19.8 Å². The van der Waals surface area contributed by atoms with Crippen LogP contribution in [0, 0.1) is 0 Å². The number of hydrogen-bond donors (Lipinski definition) is 3.